The van der Waals surface area contributed by atoms with Crippen molar-refractivity contribution in [2.75, 3.05) is 20.6 Å². The molecule has 3 amide bonds. The van der Waals surface area contributed by atoms with Crippen LogP contribution in [0.3, 0.4) is 0 Å². The Morgan fingerprint density at radius 1 is 1.21 bits per heavy atom. The fourth-order valence-corrected chi connectivity index (χ4v) is 5.17. The van der Waals surface area contributed by atoms with Crippen LogP contribution in [0.2, 0.25) is 0 Å². The largest absolute Gasteiger partial charge is 0.352 e. The number of nitrogens with one attached hydrogen (secondary N) is 1. The van der Waals surface area contributed by atoms with E-state index in [0.717, 1.165) is 0 Å². The SMILES string of the molecule is CC(C)C[C@H](C(=O)NC[C@H](c1cccs1)N(C)C)N1C(=O)[C@@H]2CC=CC[C@H]2C1=O. The second-order valence-electron chi connectivity index (χ2n) is 8.59. The topological polar surface area (TPSA) is 69.7 Å². The van der Waals surface area contributed by atoms with Crippen molar-refractivity contribution in [2.45, 2.75) is 45.2 Å². The monoisotopic (exact) mass is 417 g/mol. The van der Waals surface area contributed by atoms with E-state index in [4.69, 9.17) is 0 Å². The van der Waals surface area contributed by atoms with Gasteiger partial charge in [-0.05, 0) is 50.7 Å². The highest BCUT2D eigenvalue weighted by molar-refractivity contribution is 7.10. The lowest BCUT2D eigenvalue weighted by atomic mass is 9.85. The van der Waals surface area contributed by atoms with E-state index in [1.54, 1.807) is 11.3 Å². The summed E-state index contributed by atoms with van der Waals surface area (Å²) in [6.45, 7) is 4.45. The second kappa shape index (κ2) is 9.22. The van der Waals surface area contributed by atoms with Crippen LogP contribution in [0, 0.1) is 17.8 Å². The maximum absolute atomic E-state index is 13.2. The molecule has 29 heavy (non-hydrogen) atoms. The van der Waals surface area contributed by atoms with E-state index in [1.165, 1.54) is 9.78 Å². The number of imide groups is 1. The first-order chi connectivity index (χ1) is 13.8. The quantitative estimate of drug-likeness (QED) is 0.522. The van der Waals surface area contributed by atoms with Gasteiger partial charge in [-0.15, -0.1) is 11.3 Å². The molecule has 0 bridgehead atoms. The molecule has 7 heteroatoms. The lowest BCUT2D eigenvalue weighted by molar-refractivity contribution is -0.148. The van der Waals surface area contributed by atoms with Crippen molar-refractivity contribution < 1.29 is 14.4 Å². The Labute approximate surface area is 176 Å². The second-order valence-corrected chi connectivity index (χ2v) is 9.57. The first-order valence-corrected chi connectivity index (χ1v) is 11.2. The van der Waals surface area contributed by atoms with Gasteiger partial charge in [0.15, 0.2) is 0 Å². The third-order valence-corrected chi connectivity index (χ3v) is 6.79. The molecular formula is C22H31N3O3S. The Morgan fingerprint density at radius 2 is 1.83 bits per heavy atom. The van der Waals surface area contributed by atoms with Crippen LogP contribution in [-0.2, 0) is 14.4 Å². The molecule has 0 saturated carbocycles. The number of fused-ring (bicyclic) bond motifs is 1. The minimum atomic E-state index is -0.744. The number of rotatable bonds is 8. The summed E-state index contributed by atoms with van der Waals surface area (Å²) in [4.78, 5) is 43.7. The zero-order valence-corrected chi connectivity index (χ0v) is 18.4. The van der Waals surface area contributed by atoms with Crippen LogP contribution in [0.4, 0.5) is 0 Å². The highest BCUT2D eigenvalue weighted by atomic mass is 32.1. The predicted octanol–water partition coefficient (Wildman–Crippen LogP) is 2.83. The molecule has 1 saturated heterocycles. The summed E-state index contributed by atoms with van der Waals surface area (Å²) in [5.41, 5.74) is 0. The lowest BCUT2D eigenvalue weighted by Gasteiger charge is -2.29. The van der Waals surface area contributed by atoms with Crippen LogP contribution >= 0.6 is 11.3 Å². The molecular weight excluding hydrogens is 386 g/mol. The summed E-state index contributed by atoms with van der Waals surface area (Å²) < 4.78 is 0. The molecule has 1 N–H and O–H groups in total. The van der Waals surface area contributed by atoms with Crippen LogP contribution in [0.1, 0.15) is 44.0 Å². The number of hydrogen-bond acceptors (Lipinski definition) is 5. The minimum Gasteiger partial charge on any atom is -0.352 e. The molecule has 6 nitrogen and oxygen atoms in total. The van der Waals surface area contributed by atoms with Crippen molar-refractivity contribution in [3.63, 3.8) is 0 Å². The summed E-state index contributed by atoms with van der Waals surface area (Å²) in [6, 6.07) is 3.36. The number of nitrogens with zero attached hydrogens (tertiary/aromatic N) is 2. The van der Waals surface area contributed by atoms with Gasteiger partial charge in [0.1, 0.15) is 6.04 Å². The van der Waals surface area contributed by atoms with Gasteiger partial charge in [-0.1, -0.05) is 32.1 Å². The lowest BCUT2D eigenvalue weighted by Crippen LogP contribution is -2.51. The number of likely N-dealkylation sites (N-methyl/N-ethyl adjacent to an activating group) is 1. The van der Waals surface area contributed by atoms with Gasteiger partial charge in [0.2, 0.25) is 17.7 Å². The van der Waals surface area contributed by atoms with Crippen LogP contribution in [0.15, 0.2) is 29.7 Å². The predicted molar refractivity (Wildman–Crippen MR) is 114 cm³/mol. The van der Waals surface area contributed by atoms with E-state index in [9.17, 15) is 14.4 Å². The van der Waals surface area contributed by atoms with Gasteiger partial charge < -0.3 is 10.2 Å². The van der Waals surface area contributed by atoms with E-state index in [0.29, 0.717) is 25.8 Å². The van der Waals surface area contributed by atoms with E-state index in [-0.39, 0.29) is 41.5 Å². The van der Waals surface area contributed by atoms with E-state index in [2.05, 4.69) is 16.3 Å². The molecule has 1 aliphatic heterocycles. The number of likely N-dealkylation sites (tertiary alicyclic amines) is 1. The summed E-state index contributed by atoms with van der Waals surface area (Å²) >= 11 is 1.65. The normalized spacial score (nSPS) is 23.6. The zero-order chi connectivity index (χ0) is 21.1. The van der Waals surface area contributed by atoms with E-state index in [1.807, 2.05) is 51.5 Å². The maximum atomic E-state index is 13.2. The first-order valence-electron chi connectivity index (χ1n) is 10.3. The van der Waals surface area contributed by atoms with Crippen LogP contribution in [-0.4, -0.2) is 54.2 Å². The molecule has 1 aromatic rings. The smallest absolute Gasteiger partial charge is 0.243 e. The molecule has 0 unspecified atom stereocenters. The Balaban J connectivity index is 1.75. The van der Waals surface area contributed by atoms with Gasteiger partial charge in [0, 0.05) is 11.4 Å². The molecule has 1 aromatic heterocycles. The number of amides is 3. The molecule has 0 aromatic carbocycles. The summed E-state index contributed by atoms with van der Waals surface area (Å²) in [6.07, 6.45) is 5.58. The van der Waals surface area contributed by atoms with Gasteiger partial charge in [-0.2, -0.15) is 0 Å². The fraction of sp³-hybridized carbons (Fsp3) is 0.591. The van der Waals surface area contributed by atoms with E-state index >= 15 is 0 Å². The average molecular weight is 418 g/mol. The highest BCUT2D eigenvalue weighted by Crippen LogP contribution is 2.37. The van der Waals surface area contributed by atoms with E-state index < -0.39 is 6.04 Å². The Kier molecular flexibility index (Phi) is 6.90. The summed E-state index contributed by atoms with van der Waals surface area (Å²) in [7, 11) is 3.96. The summed E-state index contributed by atoms with van der Waals surface area (Å²) in [5.74, 6) is -1.05. The molecule has 1 fully saturated rings. The van der Waals surface area contributed by atoms with Crippen molar-refractivity contribution in [3.05, 3.63) is 34.5 Å². The molecule has 2 aliphatic rings. The van der Waals surface area contributed by atoms with Gasteiger partial charge in [0.25, 0.3) is 0 Å². The zero-order valence-electron chi connectivity index (χ0n) is 17.6. The van der Waals surface area contributed by atoms with Gasteiger partial charge in [0.05, 0.1) is 17.9 Å². The number of allylic oxidation sites excluding steroid dienone is 2. The number of thiophene rings is 1. The Morgan fingerprint density at radius 3 is 2.31 bits per heavy atom. The minimum absolute atomic E-state index is 0.0513. The molecule has 1 aliphatic carbocycles. The van der Waals surface area contributed by atoms with Gasteiger partial charge >= 0.3 is 0 Å². The first kappa shape index (κ1) is 21.7. The average Bonchev–Trinajstić information content (AvgIpc) is 3.28. The van der Waals surface area contributed by atoms with Crippen molar-refractivity contribution in [1.29, 1.82) is 0 Å². The number of carbonyl (C=O) groups is 3. The standard InChI is InChI=1S/C22H31N3O3S/c1-14(2)12-17(25-21(27)15-8-5-6-9-16(15)22(25)28)20(26)23-13-18(24(3)4)19-10-7-11-29-19/h5-7,10-11,14-18H,8-9,12-13H2,1-4H3,(H,23,26)/t15-,16-,17-,18-/m1/s1. The Hall–Kier alpha value is -1.99. The third kappa shape index (κ3) is 4.61. The fourth-order valence-electron chi connectivity index (χ4n) is 4.24. The number of hydrogen-bond donors (Lipinski definition) is 1. The summed E-state index contributed by atoms with van der Waals surface area (Å²) in [5, 5.41) is 5.04. The molecule has 0 radical (unpaired) electrons. The van der Waals surface area contributed by atoms with Gasteiger partial charge in [-0.25, -0.2) is 0 Å². The molecule has 2 heterocycles. The van der Waals surface area contributed by atoms with Crippen LogP contribution < -0.4 is 5.32 Å². The number of carbonyl (C=O) groups excluding carboxylic acids is 3. The third-order valence-electron chi connectivity index (χ3n) is 5.82. The molecule has 4 atom stereocenters. The Bertz CT molecular complexity index is 746. The van der Waals surface area contributed by atoms with Crippen molar-refractivity contribution >= 4 is 29.1 Å². The molecule has 158 valence electrons. The van der Waals surface area contributed by atoms with Crippen molar-refractivity contribution in [1.82, 2.24) is 15.1 Å². The van der Waals surface area contributed by atoms with Crippen LogP contribution in [0.5, 0.6) is 0 Å². The van der Waals surface area contributed by atoms with Crippen molar-refractivity contribution in [2.24, 2.45) is 17.8 Å². The molecule has 3 rings (SSSR count). The van der Waals surface area contributed by atoms with Crippen molar-refractivity contribution in [3.8, 4) is 0 Å². The van der Waals surface area contributed by atoms with Gasteiger partial charge in [-0.3, -0.25) is 19.3 Å². The molecule has 0 spiro atoms. The highest BCUT2D eigenvalue weighted by Gasteiger charge is 2.51. The maximum Gasteiger partial charge on any atom is 0.243 e. The van der Waals surface area contributed by atoms with Crippen LogP contribution in [0.25, 0.3) is 0 Å².